The Bertz CT molecular complexity index is 308. The molecule has 0 aliphatic heterocycles. The van der Waals surface area contributed by atoms with Crippen LogP contribution in [0.2, 0.25) is 0 Å². The van der Waals surface area contributed by atoms with Gasteiger partial charge in [0.25, 0.3) is 0 Å². The number of aliphatic hydroxyl groups is 1. The fourth-order valence-corrected chi connectivity index (χ4v) is 1.37. The summed E-state index contributed by atoms with van der Waals surface area (Å²) in [4.78, 5) is 0. The zero-order valence-electron chi connectivity index (χ0n) is 7.91. The highest BCUT2D eigenvalue weighted by atomic mass is 16.3. The molecule has 0 bridgehead atoms. The lowest BCUT2D eigenvalue weighted by Gasteiger charge is -2.24. The van der Waals surface area contributed by atoms with E-state index in [1.807, 2.05) is 6.92 Å². The van der Waals surface area contributed by atoms with E-state index in [0.717, 1.165) is 11.1 Å². The SMILES string of the molecule is Cc1cc(O)ccc1C(C)(N)CO. The van der Waals surface area contributed by atoms with Gasteiger partial charge in [0, 0.05) is 0 Å². The average Bonchev–Trinajstić information content (AvgIpc) is 2.03. The predicted molar refractivity (Wildman–Crippen MR) is 51.5 cm³/mol. The van der Waals surface area contributed by atoms with Crippen LogP contribution in [0, 0.1) is 6.92 Å². The van der Waals surface area contributed by atoms with Crippen LogP contribution >= 0.6 is 0 Å². The molecule has 1 aromatic rings. The van der Waals surface area contributed by atoms with Crippen LogP contribution in [0.15, 0.2) is 18.2 Å². The van der Waals surface area contributed by atoms with E-state index >= 15 is 0 Å². The molecule has 0 spiro atoms. The lowest BCUT2D eigenvalue weighted by atomic mass is 9.90. The van der Waals surface area contributed by atoms with E-state index in [2.05, 4.69) is 0 Å². The number of phenolic OH excluding ortho intramolecular Hbond substituents is 1. The summed E-state index contributed by atoms with van der Waals surface area (Å²) in [5, 5.41) is 18.2. The van der Waals surface area contributed by atoms with Gasteiger partial charge in [-0.05, 0) is 37.1 Å². The van der Waals surface area contributed by atoms with Crippen LogP contribution in [0.3, 0.4) is 0 Å². The van der Waals surface area contributed by atoms with Crippen LogP contribution < -0.4 is 5.73 Å². The number of hydrogen-bond donors (Lipinski definition) is 3. The van der Waals surface area contributed by atoms with Gasteiger partial charge in [0.1, 0.15) is 5.75 Å². The third kappa shape index (κ3) is 1.99. The zero-order chi connectivity index (χ0) is 10.1. The van der Waals surface area contributed by atoms with E-state index in [1.165, 1.54) is 0 Å². The molecule has 0 radical (unpaired) electrons. The quantitative estimate of drug-likeness (QED) is 0.634. The number of hydrogen-bond acceptors (Lipinski definition) is 3. The lowest BCUT2D eigenvalue weighted by Crippen LogP contribution is -2.37. The minimum atomic E-state index is -0.738. The third-order valence-electron chi connectivity index (χ3n) is 2.15. The molecular formula is C10H15NO2. The maximum Gasteiger partial charge on any atom is 0.115 e. The van der Waals surface area contributed by atoms with E-state index in [9.17, 15) is 5.11 Å². The second-order valence-electron chi connectivity index (χ2n) is 3.57. The Morgan fingerprint density at radius 1 is 1.46 bits per heavy atom. The average molecular weight is 181 g/mol. The maximum atomic E-state index is 9.17. The molecule has 1 rings (SSSR count). The fourth-order valence-electron chi connectivity index (χ4n) is 1.37. The van der Waals surface area contributed by atoms with Crippen molar-refractivity contribution in [3.8, 4) is 5.75 Å². The van der Waals surface area contributed by atoms with Crippen molar-refractivity contribution in [2.45, 2.75) is 19.4 Å². The summed E-state index contributed by atoms with van der Waals surface area (Å²) in [5.74, 6) is 0.218. The minimum absolute atomic E-state index is 0.112. The molecule has 3 heteroatoms. The predicted octanol–water partition coefficient (Wildman–Crippen LogP) is 0.867. The molecule has 0 aliphatic rings. The van der Waals surface area contributed by atoms with Crippen molar-refractivity contribution < 1.29 is 10.2 Å². The van der Waals surface area contributed by atoms with Gasteiger partial charge in [-0.2, -0.15) is 0 Å². The van der Waals surface area contributed by atoms with E-state index in [0.29, 0.717) is 0 Å². The van der Waals surface area contributed by atoms with E-state index in [-0.39, 0.29) is 12.4 Å². The van der Waals surface area contributed by atoms with Gasteiger partial charge < -0.3 is 15.9 Å². The standard InChI is InChI=1S/C10H15NO2/c1-7-5-8(13)3-4-9(7)10(2,11)6-12/h3-5,12-13H,6,11H2,1-2H3. The van der Waals surface area contributed by atoms with Crippen LogP contribution in [0.25, 0.3) is 0 Å². The zero-order valence-corrected chi connectivity index (χ0v) is 7.91. The summed E-state index contributed by atoms with van der Waals surface area (Å²) in [6.45, 7) is 3.50. The number of aryl methyl sites for hydroxylation is 1. The van der Waals surface area contributed by atoms with Crippen LogP contribution in [0.1, 0.15) is 18.1 Å². The molecule has 1 aromatic carbocycles. The van der Waals surface area contributed by atoms with Gasteiger partial charge in [0.05, 0.1) is 12.1 Å². The molecule has 0 saturated carbocycles. The molecular weight excluding hydrogens is 166 g/mol. The van der Waals surface area contributed by atoms with E-state index in [1.54, 1.807) is 25.1 Å². The van der Waals surface area contributed by atoms with E-state index < -0.39 is 5.54 Å². The summed E-state index contributed by atoms with van der Waals surface area (Å²) in [6, 6.07) is 4.94. The molecule has 1 atom stereocenters. The van der Waals surface area contributed by atoms with Gasteiger partial charge in [-0.3, -0.25) is 0 Å². The van der Waals surface area contributed by atoms with Crippen molar-refractivity contribution in [2.75, 3.05) is 6.61 Å². The molecule has 0 saturated heterocycles. The summed E-state index contributed by atoms with van der Waals surface area (Å²) < 4.78 is 0. The van der Waals surface area contributed by atoms with Crippen molar-refractivity contribution in [3.05, 3.63) is 29.3 Å². The Morgan fingerprint density at radius 2 is 2.08 bits per heavy atom. The molecule has 0 fully saturated rings. The molecule has 1 unspecified atom stereocenters. The van der Waals surface area contributed by atoms with Gasteiger partial charge in [0.15, 0.2) is 0 Å². The third-order valence-corrected chi connectivity index (χ3v) is 2.15. The maximum absolute atomic E-state index is 9.17. The minimum Gasteiger partial charge on any atom is -0.508 e. The Hall–Kier alpha value is -1.06. The first-order valence-corrected chi connectivity index (χ1v) is 4.17. The molecule has 13 heavy (non-hydrogen) atoms. The molecule has 0 amide bonds. The first kappa shape index (κ1) is 10.0. The monoisotopic (exact) mass is 181 g/mol. The van der Waals surface area contributed by atoms with Crippen molar-refractivity contribution in [1.29, 1.82) is 0 Å². The number of aromatic hydroxyl groups is 1. The fraction of sp³-hybridized carbons (Fsp3) is 0.400. The van der Waals surface area contributed by atoms with Crippen LogP contribution in [0.4, 0.5) is 0 Å². The van der Waals surface area contributed by atoms with E-state index in [4.69, 9.17) is 10.8 Å². The second kappa shape index (κ2) is 3.36. The van der Waals surface area contributed by atoms with Crippen LogP contribution in [0.5, 0.6) is 5.75 Å². The second-order valence-corrected chi connectivity index (χ2v) is 3.57. The topological polar surface area (TPSA) is 66.5 Å². The van der Waals surface area contributed by atoms with Gasteiger partial charge in [-0.1, -0.05) is 6.07 Å². The van der Waals surface area contributed by atoms with Crippen molar-refractivity contribution in [2.24, 2.45) is 5.73 Å². The van der Waals surface area contributed by atoms with Crippen LogP contribution in [-0.4, -0.2) is 16.8 Å². The highest BCUT2D eigenvalue weighted by molar-refractivity contribution is 5.37. The Kier molecular flexibility index (Phi) is 2.59. The van der Waals surface area contributed by atoms with Gasteiger partial charge in [-0.25, -0.2) is 0 Å². The molecule has 0 aromatic heterocycles. The summed E-state index contributed by atoms with van der Waals surface area (Å²) in [7, 11) is 0. The Labute approximate surface area is 77.8 Å². The van der Waals surface area contributed by atoms with Gasteiger partial charge in [0.2, 0.25) is 0 Å². The molecule has 3 nitrogen and oxygen atoms in total. The number of aliphatic hydroxyl groups excluding tert-OH is 1. The van der Waals surface area contributed by atoms with Gasteiger partial charge >= 0.3 is 0 Å². The largest absolute Gasteiger partial charge is 0.508 e. The number of phenols is 1. The molecule has 72 valence electrons. The number of rotatable bonds is 2. The Balaban J connectivity index is 3.16. The highest BCUT2D eigenvalue weighted by Crippen LogP contribution is 2.24. The highest BCUT2D eigenvalue weighted by Gasteiger charge is 2.21. The lowest BCUT2D eigenvalue weighted by molar-refractivity contribution is 0.209. The smallest absolute Gasteiger partial charge is 0.115 e. The van der Waals surface area contributed by atoms with Crippen molar-refractivity contribution >= 4 is 0 Å². The first-order chi connectivity index (χ1) is 5.97. The summed E-state index contributed by atoms with van der Waals surface area (Å²) in [6.07, 6.45) is 0. The number of benzene rings is 1. The number of nitrogens with two attached hydrogens (primary N) is 1. The molecule has 0 aliphatic carbocycles. The van der Waals surface area contributed by atoms with Crippen molar-refractivity contribution in [3.63, 3.8) is 0 Å². The Morgan fingerprint density at radius 3 is 2.54 bits per heavy atom. The summed E-state index contributed by atoms with van der Waals surface area (Å²) in [5.41, 5.74) is 6.86. The molecule has 0 heterocycles. The molecule has 4 N–H and O–H groups in total. The summed E-state index contributed by atoms with van der Waals surface area (Å²) >= 11 is 0. The van der Waals surface area contributed by atoms with Crippen molar-refractivity contribution in [1.82, 2.24) is 0 Å². The van der Waals surface area contributed by atoms with Crippen LogP contribution in [-0.2, 0) is 5.54 Å². The normalized spacial score (nSPS) is 15.4. The first-order valence-electron chi connectivity index (χ1n) is 4.17. The van der Waals surface area contributed by atoms with Gasteiger partial charge in [-0.15, -0.1) is 0 Å².